The summed E-state index contributed by atoms with van der Waals surface area (Å²) >= 11 is 1.74. The lowest BCUT2D eigenvalue weighted by molar-refractivity contribution is 0.469. The second kappa shape index (κ2) is 5.38. The largest absolute Gasteiger partial charge is 0.330 e. The Hall–Kier alpha value is -1.65. The molecule has 2 atom stereocenters. The van der Waals surface area contributed by atoms with Crippen LogP contribution in [0.4, 0.5) is 0 Å². The lowest BCUT2D eigenvalue weighted by Gasteiger charge is -2.19. The third-order valence-corrected chi connectivity index (χ3v) is 4.45. The Morgan fingerprint density at radius 3 is 2.65 bits per heavy atom. The minimum absolute atomic E-state index is 0.210. The van der Waals surface area contributed by atoms with Crippen LogP contribution in [0.25, 0.3) is 11.0 Å². The molecule has 3 rings (SSSR count). The summed E-state index contributed by atoms with van der Waals surface area (Å²) < 4.78 is 2.17. The zero-order valence-electron chi connectivity index (χ0n) is 12.0. The van der Waals surface area contributed by atoms with Gasteiger partial charge in [-0.3, -0.25) is 0 Å². The number of imidazole rings is 1. The van der Waals surface area contributed by atoms with Gasteiger partial charge in [-0.15, -0.1) is 0 Å². The Bertz CT molecular complexity index is 700. The minimum atomic E-state index is 0.210. The number of thiophene rings is 1. The SMILES string of the molecule is CC(NC(C)c1nc2ccccc2n1C)c1ccsc1. The summed E-state index contributed by atoms with van der Waals surface area (Å²) in [6.07, 6.45) is 0. The molecule has 0 bridgehead atoms. The average Bonchev–Trinajstić information content (AvgIpc) is 3.07. The Labute approximate surface area is 123 Å². The molecular formula is C16H19N3S. The number of para-hydroxylation sites is 2. The molecule has 2 unspecified atom stereocenters. The zero-order chi connectivity index (χ0) is 14.1. The smallest absolute Gasteiger partial charge is 0.126 e. The number of nitrogens with zero attached hydrogens (tertiary/aromatic N) is 2. The lowest BCUT2D eigenvalue weighted by atomic mass is 10.1. The summed E-state index contributed by atoms with van der Waals surface area (Å²) in [5, 5.41) is 7.94. The average molecular weight is 285 g/mol. The van der Waals surface area contributed by atoms with Crippen LogP contribution < -0.4 is 5.32 Å². The van der Waals surface area contributed by atoms with E-state index in [1.807, 2.05) is 6.07 Å². The molecule has 0 saturated heterocycles. The van der Waals surface area contributed by atoms with E-state index in [1.54, 1.807) is 11.3 Å². The van der Waals surface area contributed by atoms with Crippen molar-refractivity contribution in [2.24, 2.45) is 7.05 Å². The molecule has 3 aromatic rings. The molecule has 0 aliphatic carbocycles. The summed E-state index contributed by atoms with van der Waals surface area (Å²) in [6.45, 7) is 4.37. The van der Waals surface area contributed by atoms with Crippen molar-refractivity contribution in [1.82, 2.24) is 14.9 Å². The van der Waals surface area contributed by atoms with E-state index >= 15 is 0 Å². The van der Waals surface area contributed by atoms with Crippen molar-refractivity contribution >= 4 is 22.4 Å². The zero-order valence-corrected chi connectivity index (χ0v) is 12.8. The molecule has 1 N–H and O–H groups in total. The lowest BCUT2D eigenvalue weighted by Crippen LogP contribution is -2.24. The number of benzene rings is 1. The van der Waals surface area contributed by atoms with Crippen LogP contribution in [0.5, 0.6) is 0 Å². The topological polar surface area (TPSA) is 29.9 Å². The van der Waals surface area contributed by atoms with Crippen LogP contribution in [0.1, 0.15) is 37.3 Å². The fraction of sp³-hybridized carbons (Fsp3) is 0.312. The highest BCUT2D eigenvalue weighted by Gasteiger charge is 2.16. The van der Waals surface area contributed by atoms with Crippen LogP contribution in [-0.4, -0.2) is 9.55 Å². The van der Waals surface area contributed by atoms with Gasteiger partial charge in [-0.1, -0.05) is 12.1 Å². The summed E-state index contributed by atoms with van der Waals surface area (Å²) in [5.74, 6) is 1.08. The van der Waals surface area contributed by atoms with Crippen LogP contribution in [-0.2, 0) is 7.05 Å². The van der Waals surface area contributed by atoms with Gasteiger partial charge in [0.25, 0.3) is 0 Å². The Morgan fingerprint density at radius 2 is 1.95 bits per heavy atom. The second-order valence-corrected chi connectivity index (χ2v) is 5.96. The predicted molar refractivity (Wildman–Crippen MR) is 85.0 cm³/mol. The molecule has 2 aromatic heterocycles. The summed E-state index contributed by atoms with van der Waals surface area (Å²) in [4.78, 5) is 4.75. The molecule has 3 nitrogen and oxygen atoms in total. The molecule has 0 amide bonds. The predicted octanol–water partition coefficient (Wildman–Crippen LogP) is 4.05. The van der Waals surface area contributed by atoms with Crippen LogP contribution in [0.3, 0.4) is 0 Å². The number of aromatic nitrogens is 2. The number of rotatable bonds is 4. The number of hydrogen-bond donors (Lipinski definition) is 1. The van der Waals surface area contributed by atoms with Gasteiger partial charge in [-0.2, -0.15) is 11.3 Å². The summed E-state index contributed by atoms with van der Waals surface area (Å²) in [6, 6.07) is 11.0. The maximum Gasteiger partial charge on any atom is 0.126 e. The molecule has 0 radical (unpaired) electrons. The molecule has 1 aromatic carbocycles. The van der Waals surface area contributed by atoms with Crippen molar-refractivity contribution in [3.8, 4) is 0 Å². The van der Waals surface area contributed by atoms with Gasteiger partial charge in [0, 0.05) is 13.1 Å². The Kier molecular flexibility index (Phi) is 3.59. The van der Waals surface area contributed by atoms with Crippen LogP contribution in [0.2, 0.25) is 0 Å². The van der Waals surface area contributed by atoms with Crippen molar-refractivity contribution in [2.75, 3.05) is 0 Å². The van der Waals surface area contributed by atoms with E-state index in [0.29, 0.717) is 6.04 Å². The fourth-order valence-electron chi connectivity index (χ4n) is 2.62. The summed E-state index contributed by atoms with van der Waals surface area (Å²) in [7, 11) is 2.08. The van der Waals surface area contributed by atoms with E-state index in [2.05, 4.69) is 65.8 Å². The van der Waals surface area contributed by atoms with Gasteiger partial charge >= 0.3 is 0 Å². The summed E-state index contributed by atoms with van der Waals surface area (Å²) in [5.41, 5.74) is 3.57. The van der Waals surface area contributed by atoms with Crippen molar-refractivity contribution in [3.05, 3.63) is 52.5 Å². The van der Waals surface area contributed by atoms with Gasteiger partial charge in [-0.05, 0) is 48.4 Å². The third kappa shape index (κ3) is 2.37. The molecule has 0 aliphatic rings. The number of fused-ring (bicyclic) bond motifs is 1. The van der Waals surface area contributed by atoms with E-state index in [-0.39, 0.29) is 6.04 Å². The monoisotopic (exact) mass is 285 g/mol. The van der Waals surface area contributed by atoms with Gasteiger partial charge in [0.2, 0.25) is 0 Å². The molecule has 2 heterocycles. The highest BCUT2D eigenvalue weighted by molar-refractivity contribution is 7.07. The standard InChI is InChI=1S/C16H19N3S/c1-11(13-8-9-20-10-13)17-12(2)16-18-14-6-4-5-7-15(14)19(16)3/h4-12,17H,1-3H3. The van der Waals surface area contributed by atoms with Crippen LogP contribution in [0.15, 0.2) is 41.1 Å². The molecular weight excluding hydrogens is 266 g/mol. The molecule has 20 heavy (non-hydrogen) atoms. The quantitative estimate of drug-likeness (QED) is 0.784. The fourth-order valence-corrected chi connectivity index (χ4v) is 3.37. The first kappa shape index (κ1) is 13.3. The highest BCUT2D eigenvalue weighted by Crippen LogP contribution is 2.23. The van der Waals surface area contributed by atoms with Crippen molar-refractivity contribution in [1.29, 1.82) is 0 Å². The molecule has 0 saturated carbocycles. The first-order valence-corrected chi connectivity index (χ1v) is 7.80. The second-order valence-electron chi connectivity index (χ2n) is 5.18. The first-order chi connectivity index (χ1) is 9.66. The first-order valence-electron chi connectivity index (χ1n) is 6.86. The van der Waals surface area contributed by atoms with Crippen molar-refractivity contribution in [2.45, 2.75) is 25.9 Å². The van der Waals surface area contributed by atoms with E-state index in [9.17, 15) is 0 Å². The maximum atomic E-state index is 4.75. The number of nitrogens with one attached hydrogen (secondary N) is 1. The van der Waals surface area contributed by atoms with Crippen LogP contribution in [0, 0.1) is 0 Å². The molecule has 104 valence electrons. The maximum absolute atomic E-state index is 4.75. The van der Waals surface area contributed by atoms with Gasteiger partial charge in [0.05, 0.1) is 17.1 Å². The molecule has 4 heteroatoms. The van der Waals surface area contributed by atoms with Gasteiger partial charge in [-0.25, -0.2) is 4.98 Å². The van der Waals surface area contributed by atoms with E-state index in [4.69, 9.17) is 4.98 Å². The van der Waals surface area contributed by atoms with Crippen molar-refractivity contribution in [3.63, 3.8) is 0 Å². The molecule has 0 fully saturated rings. The minimum Gasteiger partial charge on any atom is -0.330 e. The normalized spacial score (nSPS) is 14.6. The van der Waals surface area contributed by atoms with Crippen LogP contribution >= 0.6 is 11.3 Å². The number of aryl methyl sites for hydroxylation is 1. The van der Waals surface area contributed by atoms with E-state index in [0.717, 1.165) is 11.3 Å². The van der Waals surface area contributed by atoms with Crippen molar-refractivity contribution < 1.29 is 0 Å². The highest BCUT2D eigenvalue weighted by atomic mass is 32.1. The third-order valence-electron chi connectivity index (χ3n) is 3.75. The molecule has 0 spiro atoms. The number of hydrogen-bond acceptors (Lipinski definition) is 3. The van der Waals surface area contributed by atoms with E-state index < -0.39 is 0 Å². The molecule has 0 aliphatic heterocycles. The van der Waals surface area contributed by atoms with Gasteiger partial charge in [0.1, 0.15) is 5.82 Å². The van der Waals surface area contributed by atoms with Gasteiger partial charge < -0.3 is 9.88 Å². The Morgan fingerprint density at radius 1 is 1.15 bits per heavy atom. The van der Waals surface area contributed by atoms with Gasteiger partial charge in [0.15, 0.2) is 0 Å². The van der Waals surface area contributed by atoms with E-state index in [1.165, 1.54) is 11.1 Å². The Balaban J connectivity index is 1.85.